The number of thiophene rings is 1. The highest BCUT2D eigenvalue weighted by Crippen LogP contribution is 2.28. The first kappa shape index (κ1) is 15.1. The molecule has 9 nitrogen and oxygen atoms in total. The van der Waals surface area contributed by atoms with Gasteiger partial charge in [-0.15, -0.1) is 16.4 Å². The van der Waals surface area contributed by atoms with Gasteiger partial charge in [0.25, 0.3) is 5.91 Å². The number of amides is 1. The molecule has 0 bridgehead atoms. The highest BCUT2D eigenvalue weighted by molar-refractivity contribution is 7.18. The summed E-state index contributed by atoms with van der Waals surface area (Å²) in [6, 6.07) is 4.02. The van der Waals surface area contributed by atoms with Crippen LogP contribution in [0.5, 0.6) is 0 Å². The Labute approximate surface area is 135 Å². The number of carboxylic acids is 1. The highest BCUT2D eigenvalue weighted by atomic mass is 35.5. The van der Waals surface area contributed by atoms with Crippen LogP contribution in [0.15, 0.2) is 22.6 Å². The average Bonchev–Trinajstić information content (AvgIpc) is 3.14. The Kier molecular flexibility index (Phi) is 3.54. The Morgan fingerprint density at radius 3 is 2.61 bits per heavy atom. The predicted octanol–water partition coefficient (Wildman–Crippen LogP) is 2.82. The number of nitrogens with one attached hydrogen (secondary N) is 1. The third-order valence-electron chi connectivity index (χ3n) is 2.78. The Morgan fingerprint density at radius 2 is 2.04 bits per heavy atom. The normalized spacial score (nSPS) is 10.8. The number of carboxylic acid groups (broad SMARTS) is 2. The number of hydrogen-bond donors (Lipinski definition) is 3. The summed E-state index contributed by atoms with van der Waals surface area (Å²) in [5, 5.41) is 24.1. The second kappa shape index (κ2) is 5.41. The summed E-state index contributed by atoms with van der Waals surface area (Å²) in [5.41, 5.74) is -0.241. The van der Waals surface area contributed by atoms with Crippen molar-refractivity contribution in [3.63, 3.8) is 0 Å². The van der Waals surface area contributed by atoms with Gasteiger partial charge in [0.1, 0.15) is 5.52 Å². The van der Waals surface area contributed by atoms with Crippen LogP contribution in [0.1, 0.15) is 20.2 Å². The maximum Gasteiger partial charge on any atom is 0.432 e. The molecular weight excluding hydrogens is 350 g/mol. The molecule has 0 radical (unpaired) electrons. The molecule has 0 aliphatic rings. The van der Waals surface area contributed by atoms with Crippen LogP contribution < -0.4 is 5.32 Å². The molecule has 0 saturated carbocycles. The first-order valence-electron chi connectivity index (χ1n) is 5.92. The minimum Gasteiger partial charge on any atom is -0.475 e. The molecule has 0 saturated heterocycles. The van der Waals surface area contributed by atoms with E-state index in [0.717, 1.165) is 17.4 Å². The van der Waals surface area contributed by atoms with Crippen LogP contribution in [-0.2, 0) is 0 Å². The molecule has 11 heteroatoms. The monoisotopic (exact) mass is 355 g/mol. The molecule has 1 amide bonds. The number of anilines is 1. The van der Waals surface area contributed by atoms with E-state index < -0.39 is 23.7 Å². The minimum atomic E-state index is -1.45. The molecule has 0 atom stereocenters. The zero-order valence-electron chi connectivity index (χ0n) is 10.9. The third kappa shape index (κ3) is 2.64. The summed E-state index contributed by atoms with van der Waals surface area (Å²) in [6.45, 7) is 0. The van der Waals surface area contributed by atoms with E-state index >= 15 is 0 Å². The number of hydrogen-bond acceptors (Lipinski definition) is 6. The zero-order chi connectivity index (χ0) is 16.7. The molecule has 3 aromatic heterocycles. The van der Waals surface area contributed by atoms with Crippen LogP contribution in [0.3, 0.4) is 0 Å². The van der Waals surface area contributed by atoms with Crippen LogP contribution >= 0.6 is 22.9 Å². The van der Waals surface area contributed by atoms with E-state index in [1.165, 1.54) is 12.1 Å². The lowest BCUT2D eigenvalue weighted by Crippen LogP contribution is -2.13. The van der Waals surface area contributed by atoms with Gasteiger partial charge in [-0.3, -0.25) is 4.79 Å². The third-order valence-corrected chi connectivity index (χ3v) is 4.01. The van der Waals surface area contributed by atoms with Crippen molar-refractivity contribution in [1.82, 2.24) is 9.78 Å². The SMILES string of the molecule is O=C(O)c1cc2c(o1)c(NC(=O)c1ccc(Cl)s1)nn2C(=O)O. The fourth-order valence-electron chi connectivity index (χ4n) is 1.85. The summed E-state index contributed by atoms with van der Waals surface area (Å²) in [7, 11) is 0. The Balaban J connectivity index is 2.04. The predicted molar refractivity (Wildman–Crippen MR) is 79.7 cm³/mol. The van der Waals surface area contributed by atoms with Gasteiger partial charge in [0, 0.05) is 6.07 Å². The van der Waals surface area contributed by atoms with Gasteiger partial charge in [0.15, 0.2) is 11.4 Å². The van der Waals surface area contributed by atoms with Crippen LogP contribution in [0.25, 0.3) is 11.1 Å². The first-order chi connectivity index (χ1) is 10.9. The van der Waals surface area contributed by atoms with Crippen molar-refractivity contribution in [2.24, 2.45) is 0 Å². The molecule has 23 heavy (non-hydrogen) atoms. The van der Waals surface area contributed by atoms with Crippen LogP contribution in [-0.4, -0.2) is 38.0 Å². The van der Waals surface area contributed by atoms with Crippen molar-refractivity contribution in [2.75, 3.05) is 5.32 Å². The molecule has 0 fully saturated rings. The van der Waals surface area contributed by atoms with Gasteiger partial charge in [0.05, 0.1) is 9.21 Å². The molecule has 0 aliphatic heterocycles. The maximum atomic E-state index is 12.1. The quantitative estimate of drug-likeness (QED) is 0.657. The first-order valence-corrected chi connectivity index (χ1v) is 7.12. The molecule has 0 spiro atoms. The van der Waals surface area contributed by atoms with E-state index in [2.05, 4.69) is 10.4 Å². The minimum absolute atomic E-state index is 0.0885. The van der Waals surface area contributed by atoms with Crippen molar-refractivity contribution in [2.45, 2.75) is 0 Å². The van der Waals surface area contributed by atoms with Crippen LogP contribution in [0.4, 0.5) is 10.6 Å². The molecular formula is C12H6ClN3O6S. The fraction of sp³-hybridized carbons (Fsp3) is 0. The summed E-state index contributed by atoms with van der Waals surface area (Å²) in [4.78, 5) is 34.4. The molecule has 0 aromatic carbocycles. The lowest BCUT2D eigenvalue weighted by Gasteiger charge is -1.98. The number of halogens is 1. The number of aromatic carboxylic acids is 1. The number of rotatable bonds is 3. The van der Waals surface area contributed by atoms with Gasteiger partial charge in [-0.05, 0) is 12.1 Å². The van der Waals surface area contributed by atoms with E-state index in [-0.39, 0.29) is 21.8 Å². The standard InChI is InChI=1S/C12H6ClN3O6S/c13-7-2-1-6(23-7)10(17)14-9-8-4(16(15-9)12(20)21)3-5(22-8)11(18)19/h1-3H,(H,18,19)(H,20,21)(H,14,15,17). The Morgan fingerprint density at radius 1 is 1.30 bits per heavy atom. The number of furan rings is 1. The largest absolute Gasteiger partial charge is 0.475 e. The maximum absolute atomic E-state index is 12.1. The summed E-state index contributed by atoms with van der Waals surface area (Å²) in [5.74, 6) is -2.63. The molecule has 0 unspecified atom stereocenters. The molecule has 3 aromatic rings. The van der Waals surface area contributed by atoms with Crippen molar-refractivity contribution in [3.05, 3.63) is 33.2 Å². The van der Waals surface area contributed by atoms with Gasteiger partial charge in [-0.2, -0.15) is 4.68 Å². The number of fused-ring (bicyclic) bond motifs is 1. The van der Waals surface area contributed by atoms with E-state index in [1.54, 1.807) is 0 Å². The fourth-order valence-corrected chi connectivity index (χ4v) is 2.78. The van der Waals surface area contributed by atoms with Crippen molar-refractivity contribution in [1.29, 1.82) is 0 Å². The van der Waals surface area contributed by atoms with E-state index in [4.69, 9.17) is 26.2 Å². The summed E-state index contributed by atoms with van der Waals surface area (Å²) < 4.78 is 5.97. The highest BCUT2D eigenvalue weighted by Gasteiger charge is 2.24. The van der Waals surface area contributed by atoms with E-state index in [1.807, 2.05) is 0 Å². The topological polar surface area (TPSA) is 135 Å². The number of carbonyl (C=O) groups is 3. The Hall–Kier alpha value is -2.85. The number of aromatic nitrogens is 2. The lowest BCUT2D eigenvalue weighted by atomic mass is 10.4. The van der Waals surface area contributed by atoms with E-state index in [9.17, 15) is 14.4 Å². The van der Waals surface area contributed by atoms with Gasteiger partial charge in [-0.25, -0.2) is 9.59 Å². The summed E-state index contributed by atoms with van der Waals surface area (Å²) in [6.07, 6.45) is -1.45. The smallest absolute Gasteiger partial charge is 0.432 e. The molecule has 3 rings (SSSR count). The Bertz CT molecular complexity index is 955. The van der Waals surface area contributed by atoms with Gasteiger partial charge >= 0.3 is 12.1 Å². The van der Waals surface area contributed by atoms with Gasteiger partial charge in [-0.1, -0.05) is 11.6 Å². The molecule has 0 aliphatic carbocycles. The van der Waals surface area contributed by atoms with Crippen LogP contribution in [0.2, 0.25) is 4.34 Å². The number of nitrogens with zero attached hydrogens (tertiary/aromatic N) is 2. The molecule has 3 heterocycles. The van der Waals surface area contributed by atoms with Crippen molar-refractivity contribution >= 4 is 57.8 Å². The van der Waals surface area contributed by atoms with Gasteiger partial charge < -0.3 is 19.9 Å². The van der Waals surface area contributed by atoms with Gasteiger partial charge in [0.2, 0.25) is 5.76 Å². The second-order valence-electron chi connectivity index (χ2n) is 4.23. The molecule has 118 valence electrons. The van der Waals surface area contributed by atoms with Crippen LogP contribution in [0, 0.1) is 0 Å². The number of carbonyl (C=O) groups excluding carboxylic acids is 1. The van der Waals surface area contributed by atoms with E-state index in [0.29, 0.717) is 9.02 Å². The van der Waals surface area contributed by atoms with Crippen molar-refractivity contribution < 1.29 is 29.0 Å². The molecule has 3 N–H and O–H groups in total. The summed E-state index contributed by atoms with van der Waals surface area (Å²) >= 11 is 6.77. The van der Waals surface area contributed by atoms with Crippen molar-refractivity contribution in [3.8, 4) is 0 Å². The zero-order valence-corrected chi connectivity index (χ0v) is 12.5. The second-order valence-corrected chi connectivity index (χ2v) is 5.95. The lowest BCUT2D eigenvalue weighted by molar-refractivity contribution is 0.0665. The average molecular weight is 356 g/mol.